The van der Waals surface area contributed by atoms with Gasteiger partial charge < -0.3 is 9.47 Å². The van der Waals surface area contributed by atoms with Crippen molar-refractivity contribution in [3.8, 4) is 11.1 Å². The summed E-state index contributed by atoms with van der Waals surface area (Å²) in [6.45, 7) is 3.65. The van der Waals surface area contributed by atoms with Crippen molar-refractivity contribution in [3.05, 3.63) is 53.2 Å². The highest BCUT2D eigenvalue weighted by Crippen LogP contribution is 2.38. The van der Waals surface area contributed by atoms with Crippen LogP contribution in [0.5, 0.6) is 0 Å². The first-order chi connectivity index (χ1) is 14.2. The summed E-state index contributed by atoms with van der Waals surface area (Å²) in [6, 6.07) is 10.5. The predicted molar refractivity (Wildman–Crippen MR) is 117 cm³/mol. The lowest BCUT2D eigenvalue weighted by Crippen LogP contribution is -2.22. The third-order valence-electron chi connectivity index (χ3n) is 5.54. The second-order valence-corrected chi connectivity index (χ2v) is 8.50. The van der Waals surface area contributed by atoms with Crippen LogP contribution in [0.1, 0.15) is 36.7 Å². The summed E-state index contributed by atoms with van der Waals surface area (Å²) >= 11 is 1.68. The number of aryl methyl sites for hydroxylation is 2. The smallest absolute Gasteiger partial charge is 0.152 e. The Labute approximate surface area is 174 Å². The Morgan fingerprint density at radius 2 is 1.93 bits per heavy atom. The fourth-order valence-electron chi connectivity index (χ4n) is 4.08. The normalized spacial score (nSPS) is 14.0. The van der Waals surface area contributed by atoms with Crippen LogP contribution in [0.4, 0.5) is 5.82 Å². The zero-order valence-corrected chi connectivity index (χ0v) is 17.6. The Balaban J connectivity index is 1.56. The van der Waals surface area contributed by atoms with Crippen LogP contribution in [0.15, 0.2) is 35.7 Å². The molecule has 0 bridgehead atoms. The maximum atomic E-state index is 4.83. The highest BCUT2D eigenvalue weighted by molar-refractivity contribution is 7.17. The maximum absolute atomic E-state index is 4.83. The van der Waals surface area contributed by atoms with E-state index in [2.05, 4.69) is 56.4 Å². The van der Waals surface area contributed by atoms with Gasteiger partial charge in [-0.3, -0.25) is 0 Å². The molecule has 4 heterocycles. The standard InChI is InChI=1S/C22H24N6S/c1-15-23-21(20-17(14-29-22(20)24-15)16-9-5-3-6-10-16)27(2)13-19-26-25-18-11-7-4-8-12-28(18)19/h3,5-6,9-10,14H,4,7-8,11-13H2,1-2H3. The van der Waals surface area contributed by atoms with Gasteiger partial charge in [0.2, 0.25) is 0 Å². The minimum Gasteiger partial charge on any atom is -0.351 e. The molecule has 4 aromatic rings. The van der Waals surface area contributed by atoms with E-state index in [1.165, 1.54) is 30.4 Å². The van der Waals surface area contributed by atoms with Crippen LogP contribution in [0.2, 0.25) is 0 Å². The fraction of sp³-hybridized carbons (Fsp3) is 0.364. The van der Waals surface area contributed by atoms with E-state index in [9.17, 15) is 0 Å². The zero-order valence-electron chi connectivity index (χ0n) is 16.8. The molecule has 148 valence electrons. The molecular weight excluding hydrogens is 380 g/mol. The quantitative estimate of drug-likeness (QED) is 0.497. The fourth-order valence-corrected chi connectivity index (χ4v) is 5.07. The van der Waals surface area contributed by atoms with Gasteiger partial charge in [0, 0.05) is 31.0 Å². The van der Waals surface area contributed by atoms with Crippen LogP contribution in [-0.4, -0.2) is 31.8 Å². The van der Waals surface area contributed by atoms with Crippen LogP contribution in [-0.2, 0) is 19.5 Å². The van der Waals surface area contributed by atoms with Crippen molar-refractivity contribution in [1.29, 1.82) is 0 Å². The summed E-state index contributed by atoms with van der Waals surface area (Å²) in [7, 11) is 2.09. The first kappa shape index (κ1) is 18.2. The van der Waals surface area contributed by atoms with Crippen molar-refractivity contribution in [3.63, 3.8) is 0 Å². The van der Waals surface area contributed by atoms with Crippen molar-refractivity contribution in [2.45, 2.75) is 45.7 Å². The first-order valence-electron chi connectivity index (χ1n) is 10.1. The third-order valence-corrected chi connectivity index (χ3v) is 6.41. The van der Waals surface area contributed by atoms with Crippen LogP contribution < -0.4 is 4.90 Å². The molecule has 0 amide bonds. The van der Waals surface area contributed by atoms with Crippen LogP contribution in [0.3, 0.4) is 0 Å². The summed E-state index contributed by atoms with van der Waals surface area (Å²) in [4.78, 5) is 12.7. The molecule has 1 aromatic carbocycles. The molecule has 6 nitrogen and oxygen atoms in total. The van der Waals surface area contributed by atoms with E-state index in [1.54, 1.807) is 11.3 Å². The Morgan fingerprint density at radius 1 is 1.07 bits per heavy atom. The van der Waals surface area contributed by atoms with Crippen molar-refractivity contribution in [2.24, 2.45) is 0 Å². The van der Waals surface area contributed by atoms with Crippen molar-refractivity contribution in [1.82, 2.24) is 24.7 Å². The van der Waals surface area contributed by atoms with Gasteiger partial charge in [-0.1, -0.05) is 36.8 Å². The highest BCUT2D eigenvalue weighted by atomic mass is 32.1. The molecule has 0 spiro atoms. The number of rotatable bonds is 4. The molecule has 5 rings (SSSR count). The van der Waals surface area contributed by atoms with Gasteiger partial charge in [-0.25, -0.2) is 9.97 Å². The second kappa shape index (κ2) is 7.55. The summed E-state index contributed by atoms with van der Waals surface area (Å²) in [5.74, 6) is 3.89. The number of hydrogen-bond acceptors (Lipinski definition) is 6. The number of fused-ring (bicyclic) bond motifs is 2. The van der Waals surface area contributed by atoms with E-state index in [0.717, 1.165) is 46.5 Å². The molecule has 29 heavy (non-hydrogen) atoms. The Morgan fingerprint density at radius 3 is 2.79 bits per heavy atom. The largest absolute Gasteiger partial charge is 0.351 e. The minimum absolute atomic E-state index is 0.683. The Hall–Kier alpha value is -2.80. The molecule has 0 saturated heterocycles. The molecule has 3 aromatic heterocycles. The van der Waals surface area contributed by atoms with E-state index in [4.69, 9.17) is 9.97 Å². The Kier molecular flexibility index (Phi) is 4.75. The van der Waals surface area contributed by atoms with Gasteiger partial charge in [-0.15, -0.1) is 21.5 Å². The lowest BCUT2D eigenvalue weighted by atomic mass is 10.1. The number of anilines is 1. The van der Waals surface area contributed by atoms with E-state index >= 15 is 0 Å². The van der Waals surface area contributed by atoms with Crippen LogP contribution in [0, 0.1) is 6.92 Å². The number of hydrogen-bond donors (Lipinski definition) is 0. The van der Waals surface area contributed by atoms with Gasteiger partial charge in [0.15, 0.2) is 5.82 Å². The molecular formula is C22H24N6S. The number of benzene rings is 1. The van der Waals surface area contributed by atoms with Gasteiger partial charge in [0.05, 0.1) is 11.9 Å². The summed E-state index contributed by atoms with van der Waals surface area (Å²) in [5.41, 5.74) is 2.38. The maximum Gasteiger partial charge on any atom is 0.152 e. The minimum atomic E-state index is 0.683. The van der Waals surface area contributed by atoms with E-state index in [0.29, 0.717) is 6.54 Å². The van der Waals surface area contributed by atoms with Crippen molar-refractivity contribution in [2.75, 3.05) is 11.9 Å². The molecule has 0 atom stereocenters. The van der Waals surface area contributed by atoms with Gasteiger partial charge >= 0.3 is 0 Å². The van der Waals surface area contributed by atoms with Crippen LogP contribution in [0.25, 0.3) is 21.3 Å². The molecule has 1 aliphatic heterocycles. The van der Waals surface area contributed by atoms with Gasteiger partial charge in [0.25, 0.3) is 0 Å². The van der Waals surface area contributed by atoms with Crippen molar-refractivity contribution >= 4 is 27.4 Å². The van der Waals surface area contributed by atoms with Crippen molar-refractivity contribution < 1.29 is 0 Å². The van der Waals surface area contributed by atoms with Gasteiger partial charge in [0.1, 0.15) is 22.3 Å². The monoisotopic (exact) mass is 404 g/mol. The average Bonchev–Trinajstić information content (AvgIpc) is 3.24. The summed E-state index contributed by atoms with van der Waals surface area (Å²) in [5, 5.41) is 12.3. The number of aromatic nitrogens is 5. The summed E-state index contributed by atoms with van der Waals surface area (Å²) in [6.07, 6.45) is 4.69. The predicted octanol–water partition coefficient (Wildman–Crippen LogP) is 4.62. The molecule has 0 unspecified atom stereocenters. The van der Waals surface area contributed by atoms with E-state index in [1.807, 2.05) is 13.0 Å². The van der Waals surface area contributed by atoms with E-state index < -0.39 is 0 Å². The van der Waals surface area contributed by atoms with Gasteiger partial charge in [-0.2, -0.15) is 0 Å². The number of nitrogens with zero attached hydrogens (tertiary/aromatic N) is 6. The lowest BCUT2D eigenvalue weighted by Gasteiger charge is -2.20. The molecule has 7 heteroatoms. The first-order valence-corrected chi connectivity index (χ1v) is 11.0. The molecule has 0 saturated carbocycles. The summed E-state index contributed by atoms with van der Waals surface area (Å²) < 4.78 is 2.31. The molecule has 0 radical (unpaired) electrons. The van der Waals surface area contributed by atoms with Crippen LogP contribution >= 0.6 is 11.3 Å². The molecule has 0 fully saturated rings. The second-order valence-electron chi connectivity index (χ2n) is 7.64. The average molecular weight is 405 g/mol. The third kappa shape index (κ3) is 3.40. The highest BCUT2D eigenvalue weighted by Gasteiger charge is 2.20. The van der Waals surface area contributed by atoms with Gasteiger partial charge in [-0.05, 0) is 25.3 Å². The SMILES string of the molecule is Cc1nc(N(C)Cc2nnc3n2CCCCC3)c2c(-c3ccccc3)csc2n1. The van der Waals surface area contributed by atoms with E-state index in [-0.39, 0.29) is 0 Å². The molecule has 0 aliphatic carbocycles. The molecule has 0 N–H and O–H groups in total. The zero-order chi connectivity index (χ0) is 19.8. The Bertz CT molecular complexity index is 1150. The lowest BCUT2D eigenvalue weighted by molar-refractivity contribution is 0.601. The topological polar surface area (TPSA) is 59.7 Å². The number of thiophene rings is 1. The molecule has 1 aliphatic rings.